The predicted octanol–water partition coefficient (Wildman–Crippen LogP) is 2.11. The van der Waals surface area contributed by atoms with Gasteiger partial charge in [0.05, 0.1) is 10.5 Å². The Labute approximate surface area is 103 Å². The van der Waals surface area contributed by atoms with Gasteiger partial charge in [0.1, 0.15) is 0 Å². The Bertz CT molecular complexity index is 663. The summed E-state index contributed by atoms with van der Waals surface area (Å²) in [5, 5.41) is 1.23. The summed E-state index contributed by atoms with van der Waals surface area (Å²) in [5.74, 6) is 1.28. The minimum atomic E-state index is 0.00421. The fourth-order valence-corrected chi connectivity index (χ4v) is 2.41. The van der Waals surface area contributed by atoms with E-state index in [2.05, 4.69) is 17.6 Å². The lowest BCUT2D eigenvalue weighted by molar-refractivity contribution is 0.174. The molecule has 5 heteroatoms. The van der Waals surface area contributed by atoms with Crippen molar-refractivity contribution in [2.24, 2.45) is 0 Å². The molecule has 2 aromatic rings. The van der Waals surface area contributed by atoms with Crippen LogP contribution in [0.2, 0.25) is 0 Å². The van der Waals surface area contributed by atoms with Gasteiger partial charge in [0.25, 0.3) is 0 Å². The largest absolute Gasteiger partial charge is 0.454 e. The number of aromatic nitrogens is 1. The van der Waals surface area contributed by atoms with E-state index in [-0.39, 0.29) is 12.2 Å². The summed E-state index contributed by atoms with van der Waals surface area (Å²) in [4.78, 5) is 15.3. The fourth-order valence-electron chi connectivity index (χ4n) is 2.03. The van der Waals surface area contributed by atoms with E-state index < -0.39 is 0 Å². The van der Waals surface area contributed by atoms with Crippen LogP contribution < -0.4 is 14.9 Å². The summed E-state index contributed by atoms with van der Waals surface area (Å²) in [7, 11) is 0. The van der Waals surface area contributed by atoms with Gasteiger partial charge in [-0.25, -0.2) is 0 Å². The van der Waals surface area contributed by atoms with Crippen molar-refractivity contribution in [3.63, 3.8) is 0 Å². The van der Waals surface area contributed by atoms with Gasteiger partial charge in [-0.05, 0) is 12.5 Å². The zero-order valence-corrected chi connectivity index (χ0v) is 10.1. The van der Waals surface area contributed by atoms with Gasteiger partial charge in [-0.3, -0.25) is 4.79 Å². The molecule has 0 amide bonds. The van der Waals surface area contributed by atoms with Crippen molar-refractivity contribution >= 4 is 23.5 Å². The first-order valence-electron chi connectivity index (χ1n) is 5.38. The van der Waals surface area contributed by atoms with Crippen LogP contribution >= 0.6 is 12.6 Å². The third kappa shape index (κ3) is 1.50. The molecule has 0 spiro atoms. The van der Waals surface area contributed by atoms with E-state index >= 15 is 0 Å². The zero-order valence-electron chi connectivity index (χ0n) is 9.24. The molecule has 0 fully saturated rings. The number of rotatable bonds is 1. The highest BCUT2D eigenvalue weighted by atomic mass is 32.1. The van der Waals surface area contributed by atoms with Gasteiger partial charge in [-0.1, -0.05) is 6.92 Å². The molecule has 1 aromatic carbocycles. The maximum Gasteiger partial charge on any atom is 0.231 e. The molecule has 3 rings (SSSR count). The van der Waals surface area contributed by atoms with Crippen LogP contribution in [-0.2, 0) is 6.42 Å². The maximum absolute atomic E-state index is 12.2. The molecule has 1 N–H and O–H groups in total. The summed E-state index contributed by atoms with van der Waals surface area (Å²) in [6.07, 6.45) is 0.651. The number of hydrogen-bond donors (Lipinski definition) is 2. The van der Waals surface area contributed by atoms with E-state index in [9.17, 15) is 4.79 Å². The number of nitrogens with one attached hydrogen (secondary N) is 1. The number of aromatic amines is 1. The lowest BCUT2D eigenvalue weighted by Crippen LogP contribution is -2.11. The molecule has 0 aliphatic carbocycles. The van der Waals surface area contributed by atoms with E-state index in [4.69, 9.17) is 9.47 Å². The number of benzene rings is 1. The number of fused-ring (bicyclic) bond motifs is 2. The van der Waals surface area contributed by atoms with Gasteiger partial charge in [-0.15, -0.1) is 12.6 Å². The number of thiol groups is 1. The molecular formula is C12H11NO3S. The van der Waals surface area contributed by atoms with Gasteiger partial charge in [-0.2, -0.15) is 0 Å². The Balaban J connectivity index is 2.40. The third-order valence-corrected chi connectivity index (χ3v) is 3.31. The van der Waals surface area contributed by atoms with Crippen molar-refractivity contribution in [3.05, 3.63) is 27.9 Å². The SMILES string of the molecule is CCc1c(S)[nH]c2cc3c(cc2c1=O)OCO3. The van der Waals surface area contributed by atoms with Crippen molar-refractivity contribution < 1.29 is 9.47 Å². The molecule has 0 radical (unpaired) electrons. The molecule has 4 nitrogen and oxygen atoms in total. The van der Waals surface area contributed by atoms with Crippen LogP contribution in [0.3, 0.4) is 0 Å². The van der Waals surface area contributed by atoms with Gasteiger partial charge in [0.15, 0.2) is 16.9 Å². The monoisotopic (exact) mass is 249 g/mol. The summed E-state index contributed by atoms with van der Waals surface area (Å²) in [6.45, 7) is 2.14. The minimum Gasteiger partial charge on any atom is -0.454 e. The predicted molar refractivity (Wildman–Crippen MR) is 67.3 cm³/mol. The van der Waals surface area contributed by atoms with Crippen LogP contribution in [0, 0.1) is 0 Å². The number of pyridine rings is 1. The Kier molecular flexibility index (Phi) is 2.29. The molecule has 2 heterocycles. The van der Waals surface area contributed by atoms with E-state index in [1.807, 2.05) is 6.92 Å². The van der Waals surface area contributed by atoms with Crippen molar-refractivity contribution in [1.29, 1.82) is 0 Å². The highest BCUT2D eigenvalue weighted by Crippen LogP contribution is 2.34. The first-order chi connectivity index (χ1) is 8.20. The van der Waals surface area contributed by atoms with Gasteiger partial charge < -0.3 is 14.5 Å². The van der Waals surface area contributed by atoms with Crippen LogP contribution in [0.4, 0.5) is 0 Å². The fraction of sp³-hybridized carbons (Fsp3) is 0.250. The molecule has 0 unspecified atom stereocenters. The Hall–Kier alpha value is -1.62. The summed E-state index contributed by atoms with van der Waals surface area (Å²) < 4.78 is 10.5. The normalized spacial score (nSPS) is 13.3. The lowest BCUT2D eigenvalue weighted by atomic mass is 10.1. The average Bonchev–Trinajstić information content (AvgIpc) is 2.74. The second-order valence-electron chi connectivity index (χ2n) is 3.89. The first-order valence-corrected chi connectivity index (χ1v) is 5.83. The van der Waals surface area contributed by atoms with Crippen molar-refractivity contribution in [2.45, 2.75) is 18.4 Å². The van der Waals surface area contributed by atoms with Crippen LogP contribution in [0.5, 0.6) is 11.5 Å². The molecule has 0 saturated heterocycles. The summed E-state index contributed by atoms with van der Waals surface area (Å²) in [6, 6.07) is 3.50. The second-order valence-corrected chi connectivity index (χ2v) is 4.33. The molecule has 0 bridgehead atoms. The Morgan fingerprint density at radius 3 is 2.76 bits per heavy atom. The number of ether oxygens (including phenoxy) is 2. The van der Waals surface area contributed by atoms with Crippen LogP contribution in [0.15, 0.2) is 22.0 Å². The smallest absolute Gasteiger partial charge is 0.231 e. The third-order valence-electron chi connectivity index (χ3n) is 2.92. The second kappa shape index (κ2) is 3.70. The van der Waals surface area contributed by atoms with Crippen molar-refractivity contribution in [2.75, 3.05) is 6.79 Å². The first kappa shape index (κ1) is 10.5. The Morgan fingerprint density at radius 2 is 2.06 bits per heavy atom. The summed E-state index contributed by atoms with van der Waals surface area (Å²) >= 11 is 4.30. The molecule has 88 valence electrons. The zero-order chi connectivity index (χ0) is 12.0. The maximum atomic E-state index is 12.2. The molecule has 1 aliphatic heterocycles. The topological polar surface area (TPSA) is 51.3 Å². The number of H-pyrrole nitrogens is 1. The van der Waals surface area contributed by atoms with Crippen molar-refractivity contribution in [3.8, 4) is 11.5 Å². The highest BCUT2D eigenvalue weighted by Gasteiger charge is 2.17. The van der Waals surface area contributed by atoms with Gasteiger partial charge in [0.2, 0.25) is 6.79 Å². The lowest BCUT2D eigenvalue weighted by Gasteiger charge is -2.06. The average molecular weight is 249 g/mol. The molecule has 1 aliphatic rings. The molecular weight excluding hydrogens is 238 g/mol. The molecule has 17 heavy (non-hydrogen) atoms. The van der Waals surface area contributed by atoms with Gasteiger partial charge in [0, 0.05) is 17.0 Å². The van der Waals surface area contributed by atoms with E-state index in [0.29, 0.717) is 33.9 Å². The number of hydrogen-bond acceptors (Lipinski definition) is 4. The van der Waals surface area contributed by atoms with Crippen LogP contribution in [0.25, 0.3) is 10.9 Å². The van der Waals surface area contributed by atoms with E-state index in [0.717, 1.165) is 5.52 Å². The van der Waals surface area contributed by atoms with Crippen LogP contribution in [-0.4, -0.2) is 11.8 Å². The van der Waals surface area contributed by atoms with Gasteiger partial charge >= 0.3 is 0 Å². The standard InChI is InChI=1S/C12H11NO3S/c1-2-6-11(14)7-3-9-10(16-5-15-9)4-8(7)13-12(6)17/h3-4H,2,5H2,1H3,(H2,13,14,17). The molecule has 1 aromatic heterocycles. The Morgan fingerprint density at radius 1 is 1.35 bits per heavy atom. The quantitative estimate of drug-likeness (QED) is 0.761. The van der Waals surface area contributed by atoms with Crippen molar-refractivity contribution in [1.82, 2.24) is 4.98 Å². The van der Waals surface area contributed by atoms with E-state index in [1.54, 1.807) is 12.1 Å². The highest BCUT2D eigenvalue weighted by molar-refractivity contribution is 7.80. The summed E-state index contributed by atoms with van der Waals surface area (Å²) in [5.41, 5.74) is 1.42. The molecule has 0 atom stereocenters. The van der Waals surface area contributed by atoms with Crippen LogP contribution in [0.1, 0.15) is 12.5 Å². The molecule has 0 saturated carbocycles. The van der Waals surface area contributed by atoms with E-state index in [1.165, 1.54) is 0 Å². The minimum absolute atomic E-state index is 0.00421.